The summed E-state index contributed by atoms with van der Waals surface area (Å²) in [7, 11) is 0. The Morgan fingerprint density at radius 3 is 2.78 bits per heavy atom. The van der Waals surface area contributed by atoms with Gasteiger partial charge in [0, 0.05) is 31.9 Å². The van der Waals surface area contributed by atoms with Crippen LogP contribution < -0.4 is 5.32 Å². The first-order chi connectivity index (χ1) is 11.4. The van der Waals surface area contributed by atoms with Gasteiger partial charge in [0.2, 0.25) is 11.7 Å². The fourth-order valence-electron chi connectivity index (χ4n) is 2.86. The topological polar surface area (TPSA) is 60.2 Å². The molecule has 118 valence electrons. The lowest BCUT2D eigenvalue weighted by Gasteiger charge is -2.22. The fraction of sp³-hybridized carbons (Fsp3) is 0.333. The molecule has 5 nitrogen and oxygen atoms in total. The summed E-state index contributed by atoms with van der Waals surface area (Å²) in [5.74, 6) is 1.54. The van der Waals surface area contributed by atoms with Crippen molar-refractivity contribution in [3.63, 3.8) is 0 Å². The number of furan rings is 1. The molecule has 0 atom stereocenters. The molecule has 1 N–H and O–H groups in total. The zero-order valence-corrected chi connectivity index (χ0v) is 12.9. The van der Waals surface area contributed by atoms with Gasteiger partial charge in [-0.1, -0.05) is 30.3 Å². The number of nitrogens with one attached hydrogen (secondary N) is 1. The molecule has 3 aromatic rings. The maximum atomic E-state index is 5.89. The van der Waals surface area contributed by atoms with Crippen molar-refractivity contribution in [2.45, 2.75) is 25.3 Å². The summed E-state index contributed by atoms with van der Waals surface area (Å²) in [6.45, 7) is 1.59. The van der Waals surface area contributed by atoms with Crippen molar-refractivity contribution in [1.82, 2.24) is 9.97 Å². The van der Waals surface area contributed by atoms with E-state index in [2.05, 4.69) is 27.4 Å². The number of aromatic nitrogens is 2. The third-order valence-corrected chi connectivity index (χ3v) is 4.10. The highest BCUT2D eigenvalue weighted by Crippen LogP contribution is 2.21. The SMILES string of the molecule is c1ccc(Cc2cc3cnc(NC4CCOCC4)nc3o2)cc1. The van der Waals surface area contributed by atoms with E-state index in [-0.39, 0.29) is 0 Å². The number of ether oxygens (including phenoxy) is 1. The second kappa shape index (κ2) is 6.38. The number of rotatable bonds is 4. The van der Waals surface area contributed by atoms with Gasteiger partial charge in [-0.25, -0.2) is 4.98 Å². The molecule has 0 unspecified atom stereocenters. The highest BCUT2D eigenvalue weighted by atomic mass is 16.5. The van der Waals surface area contributed by atoms with Gasteiger partial charge in [0.1, 0.15) is 5.76 Å². The van der Waals surface area contributed by atoms with Crippen LogP contribution in [-0.2, 0) is 11.2 Å². The van der Waals surface area contributed by atoms with Crippen LogP contribution in [0.3, 0.4) is 0 Å². The van der Waals surface area contributed by atoms with Crippen molar-refractivity contribution >= 4 is 17.0 Å². The molecule has 0 saturated carbocycles. The quantitative estimate of drug-likeness (QED) is 0.800. The van der Waals surface area contributed by atoms with Gasteiger partial charge >= 0.3 is 0 Å². The van der Waals surface area contributed by atoms with Crippen molar-refractivity contribution in [2.24, 2.45) is 0 Å². The van der Waals surface area contributed by atoms with Crippen molar-refractivity contribution in [3.8, 4) is 0 Å². The van der Waals surface area contributed by atoms with Crippen LogP contribution in [0.15, 0.2) is 47.0 Å². The number of benzene rings is 1. The molecule has 23 heavy (non-hydrogen) atoms. The van der Waals surface area contributed by atoms with Crippen molar-refractivity contribution in [2.75, 3.05) is 18.5 Å². The largest absolute Gasteiger partial charge is 0.442 e. The third kappa shape index (κ3) is 3.35. The first-order valence-electron chi connectivity index (χ1n) is 8.00. The summed E-state index contributed by atoms with van der Waals surface area (Å²) >= 11 is 0. The molecule has 1 saturated heterocycles. The van der Waals surface area contributed by atoms with Gasteiger partial charge in [0.15, 0.2) is 0 Å². The third-order valence-electron chi connectivity index (χ3n) is 4.10. The van der Waals surface area contributed by atoms with E-state index in [1.165, 1.54) is 5.56 Å². The average molecular weight is 309 g/mol. The van der Waals surface area contributed by atoms with Gasteiger partial charge in [0.05, 0.1) is 5.39 Å². The van der Waals surface area contributed by atoms with Gasteiger partial charge in [-0.3, -0.25) is 0 Å². The summed E-state index contributed by atoms with van der Waals surface area (Å²) in [5, 5.41) is 4.31. The first kappa shape index (κ1) is 14.2. The number of fused-ring (bicyclic) bond motifs is 1. The van der Waals surface area contributed by atoms with Crippen LogP contribution >= 0.6 is 0 Å². The Labute approximate surface area is 134 Å². The average Bonchev–Trinajstić information content (AvgIpc) is 2.98. The number of hydrogen-bond donors (Lipinski definition) is 1. The Bertz CT molecular complexity index is 779. The van der Waals surface area contributed by atoms with E-state index >= 15 is 0 Å². The highest BCUT2D eigenvalue weighted by Gasteiger charge is 2.15. The summed E-state index contributed by atoms with van der Waals surface area (Å²) in [6.07, 6.45) is 4.56. The predicted octanol–water partition coefficient (Wildman–Crippen LogP) is 3.40. The van der Waals surface area contributed by atoms with Gasteiger partial charge < -0.3 is 14.5 Å². The van der Waals surface area contributed by atoms with Crippen LogP contribution in [0.25, 0.3) is 11.1 Å². The Morgan fingerprint density at radius 1 is 1.13 bits per heavy atom. The Hall–Kier alpha value is -2.40. The molecule has 3 heterocycles. The van der Waals surface area contributed by atoms with Crippen molar-refractivity contribution < 1.29 is 9.15 Å². The summed E-state index contributed by atoms with van der Waals surface area (Å²) in [6, 6.07) is 12.7. The van der Waals surface area contributed by atoms with E-state index in [0.29, 0.717) is 17.7 Å². The zero-order chi connectivity index (χ0) is 15.5. The second-order valence-electron chi connectivity index (χ2n) is 5.86. The Kier molecular flexibility index (Phi) is 3.94. The molecule has 1 aliphatic heterocycles. The van der Waals surface area contributed by atoms with Gasteiger partial charge in [0.25, 0.3) is 0 Å². The maximum Gasteiger partial charge on any atom is 0.231 e. The minimum absolute atomic E-state index is 0.375. The van der Waals surface area contributed by atoms with Crippen LogP contribution in [0.1, 0.15) is 24.2 Å². The molecule has 1 fully saturated rings. The molecule has 4 rings (SSSR count). The normalized spacial score (nSPS) is 15.8. The minimum atomic E-state index is 0.375. The van der Waals surface area contributed by atoms with Crippen molar-refractivity contribution in [3.05, 3.63) is 53.9 Å². The molecule has 2 aromatic heterocycles. The lowest BCUT2D eigenvalue weighted by atomic mass is 10.1. The van der Waals surface area contributed by atoms with E-state index in [0.717, 1.165) is 43.6 Å². The van der Waals surface area contributed by atoms with Crippen molar-refractivity contribution in [1.29, 1.82) is 0 Å². The van der Waals surface area contributed by atoms with E-state index in [1.807, 2.05) is 30.5 Å². The molecule has 0 amide bonds. The van der Waals surface area contributed by atoms with E-state index in [4.69, 9.17) is 9.15 Å². The molecular weight excluding hydrogens is 290 g/mol. The number of hydrogen-bond acceptors (Lipinski definition) is 5. The van der Waals surface area contributed by atoms with E-state index < -0.39 is 0 Å². The molecular formula is C18H19N3O2. The lowest BCUT2D eigenvalue weighted by molar-refractivity contribution is 0.0903. The molecule has 0 bridgehead atoms. The van der Waals surface area contributed by atoms with Crippen LogP contribution in [0.5, 0.6) is 0 Å². The van der Waals surface area contributed by atoms with Crippen LogP contribution in [-0.4, -0.2) is 29.2 Å². The summed E-state index contributed by atoms with van der Waals surface area (Å²) < 4.78 is 11.3. The van der Waals surface area contributed by atoms with E-state index in [1.54, 1.807) is 0 Å². The summed E-state index contributed by atoms with van der Waals surface area (Å²) in [4.78, 5) is 8.90. The lowest BCUT2D eigenvalue weighted by Crippen LogP contribution is -2.28. The molecule has 5 heteroatoms. The molecule has 0 spiro atoms. The maximum absolute atomic E-state index is 5.89. The molecule has 0 aliphatic carbocycles. The van der Waals surface area contributed by atoms with Gasteiger partial charge in [-0.2, -0.15) is 4.98 Å². The molecule has 0 radical (unpaired) electrons. The monoisotopic (exact) mass is 309 g/mol. The zero-order valence-electron chi connectivity index (χ0n) is 12.9. The second-order valence-corrected chi connectivity index (χ2v) is 5.86. The van der Waals surface area contributed by atoms with Crippen LogP contribution in [0.2, 0.25) is 0 Å². The van der Waals surface area contributed by atoms with Crippen LogP contribution in [0.4, 0.5) is 5.95 Å². The Balaban J connectivity index is 1.52. The van der Waals surface area contributed by atoms with Gasteiger partial charge in [-0.05, 0) is 24.5 Å². The molecule has 1 aliphatic rings. The minimum Gasteiger partial charge on any atom is -0.442 e. The molecule has 1 aromatic carbocycles. The van der Waals surface area contributed by atoms with Crippen LogP contribution in [0, 0.1) is 0 Å². The predicted molar refractivity (Wildman–Crippen MR) is 88.5 cm³/mol. The first-order valence-corrected chi connectivity index (χ1v) is 8.00. The number of nitrogens with zero attached hydrogens (tertiary/aromatic N) is 2. The van der Waals surface area contributed by atoms with E-state index in [9.17, 15) is 0 Å². The summed E-state index contributed by atoms with van der Waals surface area (Å²) in [5.41, 5.74) is 1.86. The fourth-order valence-corrected chi connectivity index (χ4v) is 2.86. The Morgan fingerprint density at radius 2 is 1.96 bits per heavy atom. The standard InChI is InChI=1S/C18H19N3O2/c1-2-4-13(5-3-1)10-16-11-14-12-19-18(21-17(14)23-16)20-15-6-8-22-9-7-15/h1-5,11-12,15H,6-10H2,(H,19,20,21). The van der Waals surface area contributed by atoms with Gasteiger partial charge in [-0.15, -0.1) is 0 Å². The highest BCUT2D eigenvalue weighted by molar-refractivity contribution is 5.74. The smallest absolute Gasteiger partial charge is 0.231 e. The number of anilines is 1.